The van der Waals surface area contributed by atoms with Crippen LogP contribution in [0.4, 0.5) is 5.82 Å². The van der Waals surface area contributed by atoms with Crippen LogP contribution in [0.2, 0.25) is 5.02 Å². The van der Waals surface area contributed by atoms with Crippen molar-refractivity contribution in [2.24, 2.45) is 0 Å². The molecular weight excluding hydrogens is 326 g/mol. The van der Waals surface area contributed by atoms with E-state index in [0.717, 1.165) is 41.9 Å². The molecule has 0 amide bonds. The lowest BCUT2D eigenvalue weighted by molar-refractivity contribution is 0.266. The van der Waals surface area contributed by atoms with E-state index in [4.69, 9.17) is 11.6 Å². The highest BCUT2D eigenvalue weighted by Gasteiger charge is 2.27. The van der Waals surface area contributed by atoms with Gasteiger partial charge in [-0.1, -0.05) is 17.7 Å². The molecule has 1 saturated heterocycles. The lowest BCUT2D eigenvalue weighted by atomic mass is 10.2. The molecule has 0 saturated carbocycles. The summed E-state index contributed by atoms with van der Waals surface area (Å²) in [5.74, 6) is 1.53. The highest BCUT2D eigenvalue weighted by molar-refractivity contribution is 6.30. The van der Waals surface area contributed by atoms with Gasteiger partial charge >= 0.3 is 0 Å². The number of nitrogens with zero attached hydrogens (tertiary/aromatic N) is 5. The van der Waals surface area contributed by atoms with Gasteiger partial charge in [0.15, 0.2) is 5.65 Å². The van der Waals surface area contributed by atoms with Crippen molar-refractivity contribution in [2.45, 2.75) is 25.8 Å². The first-order chi connectivity index (χ1) is 11.7. The fourth-order valence-electron chi connectivity index (χ4n) is 3.32. The first kappa shape index (κ1) is 15.4. The van der Waals surface area contributed by atoms with Crippen LogP contribution in [0.15, 0.2) is 30.5 Å². The van der Waals surface area contributed by atoms with Crippen LogP contribution in [0.3, 0.4) is 0 Å². The quantitative estimate of drug-likeness (QED) is 0.792. The van der Waals surface area contributed by atoms with Crippen molar-refractivity contribution in [1.82, 2.24) is 19.7 Å². The molecule has 0 bridgehead atoms. The van der Waals surface area contributed by atoms with E-state index >= 15 is 0 Å². The minimum absolute atomic E-state index is 0.108. The van der Waals surface area contributed by atoms with Crippen molar-refractivity contribution >= 4 is 28.5 Å². The number of benzene rings is 1. The predicted octanol–water partition coefficient (Wildman–Crippen LogP) is 2.74. The number of fused-ring (bicyclic) bond motifs is 1. The van der Waals surface area contributed by atoms with Gasteiger partial charge in [-0.3, -0.25) is 0 Å². The Morgan fingerprint density at radius 1 is 1.33 bits per heavy atom. The van der Waals surface area contributed by atoms with E-state index < -0.39 is 0 Å². The first-order valence-electron chi connectivity index (χ1n) is 8.03. The normalized spacial score (nSPS) is 17.8. The molecule has 1 unspecified atom stereocenters. The zero-order valence-corrected chi connectivity index (χ0v) is 14.1. The van der Waals surface area contributed by atoms with Gasteiger partial charge in [-0.15, -0.1) is 0 Å². The number of aryl methyl sites for hydroxylation is 1. The Morgan fingerprint density at radius 2 is 2.21 bits per heavy atom. The minimum atomic E-state index is 0.108. The third-order valence-corrected chi connectivity index (χ3v) is 4.67. The molecule has 1 aromatic carbocycles. The highest BCUT2D eigenvalue weighted by Crippen LogP contribution is 2.31. The summed E-state index contributed by atoms with van der Waals surface area (Å²) in [7, 11) is 0. The number of halogens is 1. The van der Waals surface area contributed by atoms with E-state index in [2.05, 4.69) is 20.0 Å². The number of aromatic nitrogens is 4. The molecule has 4 rings (SSSR count). The van der Waals surface area contributed by atoms with Gasteiger partial charge in [0.05, 0.1) is 29.9 Å². The number of hydrogen-bond donors (Lipinski definition) is 1. The molecule has 3 heterocycles. The zero-order chi connectivity index (χ0) is 16.7. The summed E-state index contributed by atoms with van der Waals surface area (Å²) in [6.45, 7) is 2.90. The Bertz CT molecular complexity index is 894. The Kier molecular flexibility index (Phi) is 3.86. The molecule has 0 radical (unpaired) electrons. The summed E-state index contributed by atoms with van der Waals surface area (Å²) < 4.78 is 1.78. The van der Waals surface area contributed by atoms with Crippen LogP contribution in [0, 0.1) is 6.92 Å². The average molecular weight is 344 g/mol. The van der Waals surface area contributed by atoms with Crippen molar-refractivity contribution in [3.63, 3.8) is 0 Å². The van der Waals surface area contributed by atoms with E-state index in [1.54, 1.807) is 10.9 Å². The molecule has 124 valence electrons. The van der Waals surface area contributed by atoms with Gasteiger partial charge in [0.25, 0.3) is 0 Å². The largest absolute Gasteiger partial charge is 0.394 e. The summed E-state index contributed by atoms with van der Waals surface area (Å²) in [5, 5.41) is 15.7. The fraction of sp³-hybridized carbons (Fsp3) is 0.353. The molecule has 7 heteroatoms. The van der Waals surface area contributed by atoms with Crippen molar-refractivity contribution in [3.8, 4) is 5.69 Å². The second-order valence-corrected chi connectivity index (χ2v) is 6.48. The Morgan fingerprint density at radius 3 is 3.00 bits per heavy atom. The van der Waals surface area contributed by atoms with E-state index in [-0.39, 0.29) is 12.6 Å². The lowest BCUT2D eigenvalue weighted by Gasteiger charge is -2.24. The number of hydrogen-bond acceptors (Lipinski definition) is 5. The van der Waals surface area contributed by atoms with Gasteiger partial charge in [0.1, 0.15) is 11.6 Å². The van der Waals surface area contributed by atoms with E-state index in [1.807, 2.05) is 31.2 Å². The van der Waals surface area contributed by atoms with Crippen LogP contribution < -0.4 is 4.90 Å². The number of anilines is 1. The number of aliphatic hydroxyl groups is 1. The van der Waals surface area contributed by atoms with Gasteiger partial charge in [-0.05, 0) is 38.0 Å². The SMILES string of the molecule is Cc1nc(N2CCCC2CO)c2cnn(-c3cccc(Cl)c3)c2n1. The molecule has 1 N–H and O–H groups in total. The van der Waals surface area contributed by atoms with Crippen LogP contribution >= 0.6 is 11.6 Å². The van der Waals surface area contributed by atoms with Crippen molar-refractivity contribution in [2.75, 3.05) is 18.1 Å². The third-order valence-electron chi connectivity index (χ3n) is 4.43. The maximum Gasteiger partial charge on any atom is 0.168 e. The van der Waals surface area contributed by atoms with Crippen molar-refractivity contribution in [1.29, 1.82) is 0 Å². The molecule has 1 fully saturated rings. The van der Waals surface area contributed by atoms with Crippen LogP contribution in [-0.2, 0) is 0 Å². The maximum absolute atomic E-state index is 9.63. The van der Waals surface area contributed by atoms with Crippen LogP contribution in [0.25, 0.3) is 16.7 Å². The standard InChI is InChI=1S/C17H18ClN5O/c1-11-20-16(22-7-3-6-14(22)10-24)15-9-19-23(17(15)21-11)13-5-2-4-12(18)8-13/h2,4-5,8-9,14,24H,3,6-7,10H2,1H3. The third kappa shape index (κ3) is 2.52. The smallest absolute Gasteiger partial charge is 0.168 e. The summed E-state index contributed by atoms with van der Waals surface area (Å²) in [4.78, 5) is 11.4. The molecule has 1 aliphatic rings. The Balaban J connectivity index is 1.89. The molecular formula is C17H18ClN5O. The molecule has 1 atom stereocenters. The first-order valence-corrected chi connectivity index (χ1v) is 8.41. The molecule has 1 aliphatic heterocycles. The maximum atomic E-state index is 9.63. The summed E-state index contributed by atoms with van der Waals surface area (Å²) >= 11 is 6.11. The van der Waals surface area contributed by atoms with E-state index in [9.17, 15) is 5.11 Å². The summed E-state index contributed by atoms with van der Waals surface area (Å²) in [6.07, 6.45) is 3.82. The minimum Gasteiger partial charge on any atom is -0.394 e. The highest BCUT2D eigenvalue weighted by atomic mass is 35.5. The second kappa shape index (κ2) is 6.03. The summed E-state index contributed by atoms with van der Waals surface area (Å²) in [6, 6.07) is 7.64. The van der Waals surface area contributed by atoms with E-state index in [0.29, 0.717) is 10.8 Å². The molecule has 0 aliphatic carbocycles. The molecule has 0 spiro atoms. The second-order valence-electron chi connectivity index (χ2n) is 6.04. The average Bonchev–Trinajstić information content (AvgIpc) is 3.20. The number of aliphatic hydroxyl groups excluding tert-OH is 1. The van der Waals surface area contributed by atoms with Crippen molar-refractivity contribution in [3.05, 3.63) is 41.3 Å². The fourth-order valence-corrected chi connectivity index (χ4v) is 3.50. The van der Waals surface area contributed by atoms with Gasteiger partial charge in [-0.2, -0.15) is 5.10 Å². The van der Waals surface area contributed by atoms with Gasteiger partial charge in [0.2, 0.25) is 0 Å². The van der Waals surface area contributed by atoms with Crippen LogP contribution in [0.5, 0.6) is 0 Å². The molecule has 2 aromatic heterocycles. The van der Waals surface area contributed by atoms with E-state index in [1.165, 1.54) is 0 Å². The molecule has 24 heavy (non-hydrogen) atoms. The number of rotatable bonds is 3. The lowest BCUT2D eigenvalue weighted by Crippen LogP contribution is -2.33. The van der Waals surface area contributed by atoms with Crippen molar-refractivity contribution < 1.29 is 5.11 Å². The summed E-state index contributed by atoms with van der Waals surface area (Å²) in [5.41, 5.74) is 1.62. The van der Waals surface area contributed by atoms with Crippen LogP contribution in [-0.4, -0.2) is 44.0 Å². The Labute approximate surface area is 144 Å². The van der Waals surface area contributed by atoms with Gasteiger partial charge < -0.3 is 10.0 Å². The topological polar surface area (TPSA) is 67.1 Å². The Hall–Kier alpha value is -2.18. The van der Waals surface area contributed by atoms with Gasteiger partial charge in [0, 0.05) is 11.6 Å². The molecule has 6 nitrogen and oxygen atoms in total. The monoisotopic (exact) mass is 343 g/mol. The zero-order valence-electron chi connectivity index (χ0n) is 13.4. The molecule has 3 aromatic rings. The predicted molar refractivity (Wildman–Crippen MR) is 93.9 cm³/mol. The van der Waals surface area contributed by atoms with Crippen LogP contribution in [0.1, 0.15) is 18.7 Å². The van der Waals surface area contributed by atoms with Gasteiger partial charge in [-0.25, -0.2) is 14.6 Å².